The lowest BCUT2D eigenvalue weighted by Gasteiger charge is -2.14. The van der Waals surface area contributed by atoms with E-state index < -0.39 is 25.6 Å². The number of hydrogen-bond acceptors (Lipinski definition) is 2. The van der Waals surface area contributed by atoms with E-state index in [1.807, 2.05) is 30.3 Å². The number of hydrogen-bond donors (Lipinski definition) is 3. The zero-order chi connectivity index (χ0) is 17.1. The summed E-state index contributed by atoms with van der Waals surface area (Å²) in [6.45, 7) is 0. The van der Waals surface area contributed by atoms with Crippen molar-refractivity contribution in [2.24, 2.45) is 0 Å². The van der Waals surface area contributed by atoms with Crippen molar-refractivity contribution in [2.45, 2.75) is 18.0 Å². The van der Waals surface area contributed by atoms with E-state index in [1.54, 1.807) is 30.3 Å². The average molecular weight is 342 g/mol. The first-order valence-corrected chi connectivity index (χ1v) is 8.84. The molecule has 3 N–H and O–H groups in total. The molecule has 0 aliphatic heterocycles. The molecule has 0 aliphatic carbocycles. The molecule has 0 amide bonds. The Morgan fingerprint density at radius 3 is 2.38 bits per heavy atom. The van der Waals surface area contributed by atoms with Gasteiger partial charge in [0.15, 0.2) is 0 Å². The van der Waals surface area contributed by atoms with E-state index in [2.05, 4.69) is 4.98 Å². The Morgan fingerprint density at radius 2 is 1.75 bits per heavy atom. The van der Waals surface area contributed by atoms with Gasteiger partial charge in [0, 0.05) is 17.6 Å². The lowest BCUT2D eigenvalue weighted by Crippen LogP contribution is -2.25. The number of para-hydroxylation sites is 1. The quantitative estimate of drug-likeness (QED) is 0.596. The summed E-state index contributed by atoms with van der Waals surface area (Å²) in [5.41, 5.74) is 1.29. The molecule has 3 unspecified atom stereocenters. The number of fused-ring (bicyclic) bond motifs is 1. The van der Waals surface area contributed by atoms with Crippen molar-refractivity contribution in [1.29, 1.82) is 0 Å². The first-order valence-electron chi connectivity index (χ1n) is 7.56. The average Bonchev–Trinajstić information content (AvgIpc) is 2.97. The SMILES string of the molecule is O=C(O)C(c1ccccc1)C(Cc1cc2ccccc2[nH]1)[P+](=O)O. The molecular weight excluding hydrogens is 325 g/mol. The Labute approximate surface area is 139 Å². The molecule has 24 heavy (non-hydrogen) atoms. The van der Waals surface area contributed by atoms with E-state index in [9.17, 15) is 19.4 Å². The van der Waals surface area contributed by atoms with Crippen LogP contribution in [0.2, 0.25) is 0 Å². The molecule has 0 bridgehead atoms. The molecule has 1 aromatic heterocycles. The lowest BCUT2D eigenvalue weighted by atomic mass is 9.93. The smallest absolute Gasteiger partial charge is 0.481 e. The third kappa shape index (κ3) is 3.37. The molecule has 0 radical (unpaired) electrons. The van der Waals surface area contributed by atoms with Crippen molar-refractivity contribution in [3.05, 3.63) is 71.9 Å². The second kappa shape index (κ2) is 6.95. The zero-order valence-electron chi connectivity index (χ0n) is 12.8. The van der Waals surface area contributed by atoms with E-state index in [1.165, 1.54) is 0 Å². The first kappa shape index (κ1) is 16.4. The Bertz CT molecular complexity index is 842. The largest absolute Gasteiger partial charge is 0.510 e. The van der Waals surface area contributed by atoms with Gasteiger partial charge in [-0.2, -0.15) is 4.89 Å². The molecule has 3 atom stereocenters. The fraction of sp³-hybridized carbons (Fsp3) is 0.167. The molecule has 0 aliphatic rings. The first-order chi connectivity index (χ1) is 11.6. The molecule has 6 heteroatoms. The highest BCUT2D eigenvalue weighted by molar-refractivity contribution is 7.39. The third-order valence-electron chi connectivity index (χ3n) is 4.11. The number of aromatic amines is 1. The summed E-state index contributed by atoms with van der Waals surface area (Å²) in [6.07, 6.45) is 0.187. The van der Waals surface area contributed by atoms with E-state index in [0.29, 0.717) is 5.56 Å². The minimum Gasteiger partial charge on any atom is -0.481 e. The van der Waals surface area contributed by atoms with Crippen LogP contribution in [-0.4, -0.2) is 26.6 Å². The molecule has 3 aromatic rings. The number of aromatic nitrogens is 1. The molecule has 5 nitrogen and oxygen atoms in total. The summed E-state index contributed by atoms with van der Waals surface area (Å²) < 4.78 is 11.9. The molecule has 0 saturated heterocycles. The van der Waals surface area contributed by atoms with Gasteiger partial charge >= 0.3 is 14.0 Å². The number of carbonyl (C=O) groups is 1. The fourth-order valence-electron chi connectivity index (χ4n) is 2.98. The van der Waals surface area contributed by atoms with Gasteiger partial charge in [0.25, 0.3) is 0 Å². The van der Waals surface area contributed by atoms with Crippen molar-refractivity contribution in [1.82, 2.24) is 4.98 Å². The predicted molar refractivity (Wildman–Crippen MR) is 92.4 cm³/mol. The Balaban J connectivity index is 1.96. The zero-order valence-corrected chi connectivity index (χ0v) is 13.7. The minimum atomic E-state index is -2.66. The van der Waals surface area contributed by atoms with Crippen LogP contribution >= 0.6 is 8.03 Å². The number of aliphatic carboxylic acids is 1. The van der Waals surface area contributed by atoms with E-state index in [4.69, 9.17) is 0 Å². The van der Waals surface area contributed by atoms with Gasteiger partial charge in [0.1, 0.15) is 5.92 Å². The van der Waals surface area contributed by atoms with Crippen LogP contribution in [0.3, 0.4) is 0 Å². The van der Waals surface area contributed by atoms with Gasteiger partial charge < -0.3 is 10.1 Å². The van der Waals surface area contributed by atoms with Crippen molar-refractivity contribution >= 4 is 24.9 Å². The maximum Gasteiger partial charge on any atom is 0.510 e. The summed E-state index contributed by atoms with van der Waals surface area (Å²) in [7, 11) is -2.66. The summed E-state index contributed by atoms with van der Waals surface area (Å²) in [4.78, 5) is 24.7. The summed E-state index contributed by atoms with van der Waals surface area (Å²) in [6, 6.07) is 18.2. The maximum atomic E-state index is 11.9. The van der Waals surface area contributed by atoms with Crippen molar-refractivity contribution in [3.8, 4) is 0 Å². The van der Waals surface area contributed by atoms with Crippen molar-refractivity contribution in [2.75, 3.05) is 0 Å². The van der Waals surface area contributed by atoms with E-state index >= 15 is 0 Å². The molecule has 0 fully saturated rings. The van der Waals surface area contributed by atoms with Crippen LogP contribution in [0, 0.1) is 0 Å². The second-order valence-corrected chi connectivity index (χ2v) is 6.95. The fourth-order valence-corrected chi connectivity index (χ4v) is 3.89. The maximum absolute atomic E-state index is 11.9. The number of carboxylic acid groups (broad SMARTS) is 1. The molecule has 3 rings (SSSR count). The third-order valence-corrected chi connectivity index (χ3v) is 5.16. The number of nitrogens with one attached hydrogen (secondary N) is 1. The second-order valence-electron chi connectivity index (χ2n) is 5.68. The number of carboxylic acids is 1. The molecule has 0 saturated carbocycles. The van der Waals surface area contributed by atoms with Gasteiger partial charge in [-0.1, -0.05) is 48.5 Å². The highest BCUT2D eigenvalue weighted by Gasteiger charge is 2.43. The lowest BCUT2D eigenvalue weighted by molar-refractivity contribution is -0.138. The van der Waals surface area contributed by atoms with Crippen LogP contribution in [0.25, 0.3) is 10.9 Å². The van der Waals surface area contributed by atoms with Gasteiger partial charge in [0.05, 0.1) is 0 Å². The summed E-state index contributed by atoms with van der Waals surface area (Å²) in [5.74, 6) is -2.13. The van der Waals surface area contributed by atoms with Crippen LogP contribution < -0.4 is 0 Å². The number of H-pyrrole nitrogens is 1. The minimum absolute atomic E-state index is 0.187. The number of benzene rings is 2. The van der Waals surface area contributed by atoms with E-state index in [0.717, 1.165) is 16.6 Å². The van der Waals surface area contributed by atoms with Crippen LogP contribution in [0.5, 0.6) is 0 Å². The Kier molecular flexibility index (Phi) is 4.74. The monoisotopic (exact) mass is 342 g/mol. The highest BCUT2D eigenvalue weighted by Crippen LogP contribution is 2.38. The topological polar surface area (TPSA) is 90.4 Å². The van der Waals surface area contributed by atoms with Crippen LogP contribution in [-0.2, 0) is 15.8 Å². The van der Waals surface area contributed by atoms with E-state index in [-0.39, 0.29) is 6.42 Å². The van der Waals surface area contributed by atoms with Crippen LogP contribution in [0.4, 0.5) is 0 Å². The molecule has 1 heterocycles. The summed E-state index contributed by atoms with van der Waals surface area (Å²) >= 11 is 0. The Morgan fingerprint density at radius 1 is 1.08 bits per heavy atom. The van der Waals surface area contributed by atoms with Crippen LogP contribution in [0.15, 0.2) is 60.7 Å². The predicted octanol–water partition coefficient (Wildman–Crippen LogP) is 3.68. The van der Waals surface area contributed by atoms with Gasteiger partial charge in [0.2, 0.25) is 5.66 Å². The highest BCUT2D eigenvalue weighted by atomic mass is 31.1. The molecule has 2 aromatic carbocycles. The van der Waals surface area contributed by atoms with Gasteiger partial charge in [-0.15, -0.1) is 0 Å². The van der Waals surface area contributed by atoms with Gasteiger partial charge in [-0.25, -0.2) is 0 Å². The molecule has 0 spiro atoms. The van der Waals surface area contributed by atoms with Crippen LogP contribution in [0.1, 0.15) is 17.2 Å². The van der Waals surface area contributed by atoms with Crippen molar-refractivity contribution in [3.63, 3.8) is 0 Å². The molecule has 122 valence electrons. The number of rotatable bonds is 6. The Hall–Kier alpha value is -2.49. The molecular formula is C18H17NO4P+. The summed E-state index contributed by atoms with van der Waals surface area (Å²) in [5, 5.41) is 10.6. The normalized spacial score (nSPS) is 14.3. The van der Waals surface area contributed by atoms with Gasteiger partial charge in [-0.05, 0) is 27.6 Å². The van der Waals surface area contributed by atoms with Gasteiger partial charge in [-0.3, -0.25) is 4.79 Å². The standard InChI is InChI=1S/C18H16NO4P/c20-18(21)17(12-6-2-1-3-7-12)16(24(22)23)11-14-10-13-8-4-5-9-15(13)19-14/h1-10,16-17,19H,11H2,(H-,20,21,22,23)/p+1. The van der Waals surface area contributed by atoms with Crippen molar-refractivity contribution < 1.29 is 19.4 Å².